The Morgan fingerprint density at radius 1 is 1.29 bits per heavy atom. The number of hydrogen-bond acceptors (Lipinski definition) is 5. The van der Waals surface area contributed by atoms with Crippen molar-refractivity contribution in [1.29, 1.82) is 0 Å². The first-order chi connectivity index (χ1) is 10.3. The van der Waals surface area contributed by atoms with Crippen molar-refractivity contribution in [3.05, 3.63) is 30.6 Å². The number of rotatable bonds is 4. The molecule has 0 radical (unpaired) electrons. The minimum Gasteiger partial charge on any atom is -0.492 e. The van der Waals surface area contributed by atoms with Gasteiger partial charge < -0.3 is 14.5 Å². The fraction of sp³-hybridized carbons (Fsp3) is 0.133. The standard InChI is InChI=1S/C15H12N4O2/c1-3-9-21-11-6-4-5-10(12(11)20-2)13-18-14-15(19-13)17-8-7-16-14/h1,4-8H,9H2,2H3,(H,16,17,18,19). The molecule has 3 rings (SSSR count). The Balaban J connectivity index is 2.10. The van der Waals surface area contributed by atoms with E-state index in [0.29, 0.717) is 28.6 Å². The molecular weight excluding hydrogens is 268 g/mol. The molecule has 0 fully saturated rings. The van der Waals surface area contributed by atoms with E-state index in [4.69, 9.17) is 15.9 Å². The van der Waals surface area contributed by atoms with E-state index in [1.807, 2.05) is 12.1 Å². The van der Waals surface area contributed by atoms with Gasteiger partial charge in [0.25, 0.3) is 0 Å². The molecule has 21 heavy (non-hydrogen) atoms. The zero-order chi connectivity index (χ0) is 14.7. The fourth-order valence-corrected chi connectivity index (χ4v) is 2.02. The molecule has 3 aromatic rings. The Morgan fingerprint density at radius 2 is 2.14 bits per heavy atom. The molecule has 6 heteroatoms. The van der Waals surface area contributed by atoms with Gasteiger partial charge in [-0.3, -0.25) is 0 Å². The molecule has 2 heterocycles. The number of benzene rings is 1. The summed E-state index contributed by atoms with van der Waals surface area (Å²) in [6.45, 7) is 0.170. The third-order valence-electron chi connectivity index (χ3n) is 2.88. The summed E-state index contributed by atoms with van der Waals surface area (Å²) in [4.78, 5) is 15.8. The first-order valence-corrected chi connectivity index (χ1v) is 6.24. The summed E-state index contributed by atoms with van der Waals surface area (Å²) in [6, 6.07) is 5.51. The molecule has 0 spiro atoms. The summed E-state index contributed by atoms with van der Waals surface area (Å²) >= 11 is 0. The molecule has 0 aliphatic carbocycles. The van der Waals surface area contributed by atoms with Gasteiger partial charge in [0.2, 0.25) is 0 Å². The summed E-state index contributed by atoms with van der Waals surface area (Å²) in [6.07, 6.45) is 8.42. The van der Waals surface area contributed by atoms with Gasteiger partial charge in [-0.05, 0) is 12.1 Å². The molecule has 0 saturated carbocycles. The number of H-pyrrole nitrogens is 1. The predicted octanol–water partition coefficient (Wildman–Crippen LogP) is 2.04. The van der Waals surface area contributed by atoms with Crippen LogP contribution in [0.5, 0.6) is 11.5 Å². The van der Waals surface area contributed by atoms with Crippen molar-refractivity contribution in [3.63, 3.8) is 0 Å². The van der Waals surface area contributed by atoms with Crippen LogP contribution in [0.15, 0.2) is 30.6 Å². The molecule has 0 unspecified atom stereocenters. The highest BCUT2D eigenvalue weighted by Gasteiger charge is 2.15. The zero-order valence-electron chi connectivity index (χ0n) is 11.3. The highest BCUT2D eigenvalue weighted by atomic mass is 16.5. The first kappa shape index (κ1) is 12.9. The molecule has 2 aromatic heterocycles. The van der Waals surface area contributed by atoms with E-state index in [1.54, 1.807) is 25.6 Å². The first-order valence-electron chi connectivity index (χ1n) is 6.24. The van der Waals surface area contributed by atoms with Crippen molar-refractivity contribution in [2.24, 2.45) is 0 Å². The van der Waals surface area contributed by atoms with Gasteiger partial charge in [-0.25, -0.2) is 15.0 Å². The smallest absolute Gasteiger partial charge is 0.197 e. The minimum absolute atomic E-state index is 0.170. The summed E-state index contributed by atoms with van der Waals surface area (Å²) in [5.74, 6) is 4.16. The highest BCUT2D eigenvalue weighted by Crippen LogP contribution is 2.37. The van der Waals surface area contributed by atoms with Crippen LogP contribution in [0, 0.1) is 12.3 Å². The van der Waals surface area contributed by atoms with Gasteiger partial charge in [-0.1, -0.05) is 12.0 Å². The van der Waals surface area contributed by atoms with E-state index in [0.717, 1.165) is 5.56 Å². The average Bonchev–Trinajstić information content (AvgIpc) is 2.96. The fourth-order valence-electron chi connectivity index (χ4n) is 2.02. The second-order valence-electron chi connectivity index (χ2n) is 4.14. The Bertz CT molecular complexity index is 787. The molecule has 6 nitrogen and oxygen atoms in total. The molecule has 0 aliphatic heterocycles. The van der Waals surface area contributed by atoms with Crippen LogP contribution in [0.2, 0.25) is 0 Å². The second kappa shape index (κ2) is 5.51. The van der Waals surface area contributed by atoms with Crippen LogP contribution in [0.25, 0.3) is 22.7 Å². The van der Waals surface area contributed by atoms with E-state index >= 15 is 0 Å². The minimum atomic E-state index is 0.170. The van der Waals surface area contributed by atoms with Crippen molar-refractivity contribution in [2.75, 3.05) is 13.7 Å². The summed E-state index contributed by atoms with van der Waals surface area (Å²) in [5, 5.41) is 0. The molecule has 0 saturated heterocycles. The second-order valence-corrected chi connectivity index (χ2v) is 4.14. The maximum atomic E-state index is 5.48. The molecule has 0 atom stereocenters. The predicted molar refractivity (Wildman–Crippen MR) is 78.0 cm³/mol. The van der Waals surface area contributed by atoms with Crippen LogP contribution in [0.3, 0.4) is 0 Å². The normalized spacial score (nSPS) is 10.3. The van der Waals surface area contributed by atoms with E-state index in [9.17, 15) is 0 Å². The van der Waals surface area contributed by atoms with Crippen molar-refractivity contribution in [3.8, 4) is 35.2 Å². The van der Waals surface area contributed by atoms with Gasteiger partial charge in [0.15, 0.2) is 22.8 Å². The molecule has 1 aromatic carbocycles. The topological polar surface area (TPSA) is 72.9 Å². The van der Waals surface area contributed by atoms with Gasteiger partial charge in [0.05, 0.1) is 12.7 Å². The molecule has 104 valence electrons. The van der Waals surface area contributed by atoms with E-state index in [-0.39, 0.29) is 6.61 Å². The van der Waals surface area contributed by atoms with Crippen molar-refractivity contribution >= 4 is 11.3 Å². The number of aromatic nitrogens is 4. The molecule has 0 amide bonds. The monoisotopic (exact) mass is 280 g/mol. The summed E-state index contributed by atoms with van der Waals surface area (Å²) < 4.78 is 10.9. The van der Waals surface area contributed by atoms with Crippen LogP contribution >= 0.6 is 0 Å². The quantitative estimate of drug-likeness (QED) is 0.740. The highest BCUT2D eigenvalue weighted by molar-refractivity contribution is 5.76. The van der Waals surface area contributed by atoms with E-state index in [1.165, 1.54) is 0 Å². The van der Waals surface area contributed by atoms with Gasteiger partial charge in [-0.2, -0.15) is 0 Å². The van der Waals surface area contributed by atoms with Crippen LogP contribution in [0.4, 0.5) is 0 Å². The van der Waals surface area contributed by atoms with E-state index in [2.05, 4.69) is 25.9 Å². The number of ether oxygens (including phenoxy) is 2. The van der Waals surface area contributed by atoms with Crippen molar-refractivity contribution < 1.29 is 9.47 Å². The number of nitrogens with one attached hydrogen (secondary N) is 1. The lowest BCUT2D eigenvalue weighted by Crippen LogP contribution is -1.98. The lowest BCUT2D eigenvalue weighted by Gasteiger charge is -2.11. The largest absolute Gasteiger partial charge is 0.492 e. The number of imidazole rings is 1. The number of methoxy groups -OCH3 is 1. The van der Waals surface area contributed by atoms with Gasteiger partial charge >= 0.3 is 0 Å². The lowest BCUT2D eigenvalue weighted by atomic mass is 10.1. The van der Waals surface area contributed by atoms with Gasteiger partial charge in [-0.15, -0.1) is 6.42 Å². The Kier molecular flexibility index (Phi) is 3.39. The third-order valence-corrected chi connectivity index (χ3v) is 2.88. The number of hydrogen-bond donors (Lipinski definition) is 1. The summed E-state index contributed by atoms with van der Waals surface area (Å²) in [7, 11) is 1.57. The lowest BCUT2D eigenvalue weighted by molar-refractivity contribution is 0.332. The van der Waals surface area contributed by atoms with Gasteiger partial charge in [0.1, 0.15) is 12.4 Å². The molecule has 0 aliphatic rings. The Morgan fingerprint density at radius 3 is 2.90 bits per heavy atom. The number of aromatic amines is 1. The Labute approximate surface area is 121 Å². The maximum Gasteiger partial charge on any atom is 0.197 e. The maximum absolute atomic E-state index is 5.48. The number of terminal acetylenes is 1. The molecular formula is C15H12N4O2. The van der Waals surface area contributed by atoms with Crippen molar-refractivity contribution in [1.82, 2.24) is 19.9 Å². The molecule has 1 N–H and O–H groups in total. The van der Waals surface area contributed by atoms with Crippen LogP contribution in [-0.2, 0) is 0 Å². The SMILES string of the molecule is C#CCOc1cccc(-c2nc3nccnc3[nH]2)c1OC. The molecule has 0 bridgehead atoms. The number of fused-ring (bicyclic) bond motifs is 1. The van der Waals surface area contributed by atoms with Crippen LogP contribution in [-0.4, -0.2) is 33.7 Å². The van der Waals surface area contributed by atoms with E-state index < -0.39 is 0 Å². The van der Waals surface area contributed by atoms with Crippen LogP contribution < -0.4 is 9.47 Å². The third kappa shape index (κ3) is 2.37. The average molecular weight is 280 g/mol. The van der Waals surface area contributed by atoms with Crippen molar-refractivity contribution in [2.45, 2.75) is 0 Å². The number of para-hydroxylation sites is 1. The van der Waals surface area contributed by atoms with Crippen LogP contribution in [0.1, 0.15) is 0 Å². The summed E-state index contributed by atoms with van der Waals surface area (Å²) in [5.41, 5.74) is 1.92. The number of nitrogens with zero attached hydrogens (tertiary/aromatic N) is 3. The zero-order valence-corrected chi connectivity index (χ0v) is 11.3. The van der Waals surface area contributed by atoms with Gasteiger partial charge in [0, 0.05) is 12.4 Å². The Hall–Kier alpha value is -3.07.